The summed E-state index contributed by atoms with van der Waals surface area (Å²) in [7, 11) is 0. The van der Waals surface area contributed by atoms with Crippen LogP contribution in [-0.4, -0.2) is 36.0 Å². The standard InChI is InChI=1S/C13H21NO2S/c14-8-12(2-3-12)11(15)10-1-5-16-13(7-10)4-6-17-9-13/h10H,1-9,14H2. The van der Waals surface area contributed by atoms with E-state index < -0.39 is 0 Å². The highest BCUT2D eigenvalue weighted by molar-refractivity contribution is 7.99. The predicted octanol–water partition coefficient (Wildman–Crippen LogP) is 1.60. The second-order valence-corrected chi connectivity index (χ2v) is 6.98. The van der Waals surface area contributed by atoms with E-state index in [1.165, 1.54) is 5.75 Å². The minimum Gasteiger partial charge on any atom is -0.374 e. The molecule has 1 saturated carbocycles. The van der Waals surface area contributed by atoms with Crippen molar-refractivity contribution in [2.24, 2.45) is 17.1 Å². The number of ketones is 1. The number of rotatable bonds is 3. The summed E-state index contributed by atoms with van der Waals surface area (Å²) in [6.45, 7) is 1.31. The summed E-state index contributed by atoms with van der Waals surface area (Å²) < 4.78 is 5.97. The first-order valence-electron chi connectivity index (χ1n) is 6.66. The van der Waals surface area contributed by atoms with E-state index in [9.17, 15) is 4.79 Å². The van der Waals surface area contributed by atoms with Gasteiger partial charge in [0, 0.05) is 30.2 Å². The van der Waals surface area contributed by atoms with E-state index in [-0.39, 0.29) is 16.9 Å². The number of carbonyl (C=O) groups excluding carboxylic acids is 1. The van der Waals surface area contributed by atoms with Crippen molar-refractivity contribution >= 4 is 17.5 Å². The molecule has 2 unspecified atom stereocenters. The van der Waals surface area contributed by atoms with Crippen LogP contribution in [0.25, 0.3) is 0 Å². The predicted molar refractivity (Wildman–Crippen MR) is 69.1 cm³/mol. The van der Waals surface area contributed by atoms with E-state index in [2.05, 4.69) is 0 Å². The summed E-state index contributed by atoms with van der Waals surface area (Å²) >= 11 is 1.96. The van der Waals surface area contributed by atoms with Gasteiger partial charge in [-0.05, 0) is 37.9 Å². The molecule has 0 bridgehead atoms. The molecule has 3 fully saturated rings. The molecule has 4 heteroatoms. The number of Topliss-reactive ketones (excluding diaryl/α,β-unsaturated/α-hetero) is 1. The Morgan fingerprint density at radius 3 is 2.82 bits per heavy atom. The van der Waals surface area contributed by atoms with Gasteiger partial charge < -0.3 is 10.5 Å². The fraction of sp³-hybridized carbons (Fsp3) is 0.923. The lowest BCUT2D eigenvalue weighted by molar-refractivity contribution is -0.138. The lowest BCUT2D eigenvalue weighted by atomic mass is 9.78. The van der Waals surface area contributed by atoms with Crippen LogP contribution in [0.1, 0.15) is 32.1 Å². The first-order valence-corrected chi connectivity index (χ1v) is 7.81. The van der Waals surface area contributed by atoms with Gasteiger partial charge in [-0.3, -0.25) is 4.79 Å². The van der Waals surface area contributed by atoms with Gasteiger partial charge in [-0.1, -0.05) is 0 Å². The average molecular weight is 255 g/mol. The van der Waals surface area contributed by atoms with Crippen molar-refractivity contribution in [3.05, 3.63) is 0 Å². The Bertz CT molecular complexity index is 321. The van der Waals surface area contributed by atoms with E-state index in [0.29, 0.717) is 12.3 Å². The van der Waals surface area contributed by atoms with Gasteiger partial charge in [0.2, 0.25) is 0 Å². The molecule has 2 saturated heterocycles. The molecule has 1 aliphatic carbocycles. The molecular formula is C13H21NO2S. The van der Waals surface area contributed by atoms with E-state index in [1.54, 1.807) is 0 Å². The van der Waals surface area contributed by atoms with Crippen LogP contribution in [0.4, 0.5) is 0 Å². The maximum Gasteiger partial charge on any atom is 0.143 e. The van der Waals surface area contributed by atoms with E-state index >= 15 is 0 Å². The molecule has 96 valence electrons. The highest BCUT2D eigenvalue weighted by atomic mass is 32.2. The monoisotopic (exact) mass is 255 g/mol. The summed E-state index contributed by atoms with van der Waals surface area (Å²) in [6.07, 6.45) is 5.01. The lowest BCUT2D eigenvalue weighted by Gasteiger charge is -2.38. The number of nitrogens with two attached hydrogens (primary N) is 1. The van der Waals surface area contributed by atoms with Crippen molar-refractivity contribution in [3.63, 3.8) is 0 Å². The Morgan fingerprint density at radius 2 is 2.24 bits per heavy atom. The van der Waals surface area contributed by atoms with E-state index in [4.69, 9.17) is 10.5 Å². The van der Waals surface area contributed by atoms with Crippen molar-refractivity contribution in [3.8, 4) is 0 Å². The molecular weight excluding hydrogens is 234 g/mol. The second kappa shape index (κ2) is 4.25. The van der Waals surface area contributed by atoms with Gasteiger partial charge in [0.05, 0.1) is 5.60 Å². The molecule has 0 radical (unpaired) electrons. The maximum atomic E-state index is 12.5. The normalized spacial score (nSPS) is 39.5. The van der Waals surface area contributed by atoms with Crippen molar-refractivity contribution < 1.29 is 9.53 Å². The molecule has 0 aromatic rings. The molecule has 2 N–H and O–H groups in total. The molecule has 0 amide bonds. The van der Waals surface area contributed by atoms with Gasteiger partial charge in [0.25, 0.3) is 0 Å². The number of hydrogen-bond donors (Lipinski definition) is 1. The third-order valence-corrected chi connectivity index (χ3v) is 5.92. The summed E-state index contributed by atoms with van der Waals surface area (Å²) in [5.41, 5.74) is 5.66. The van der Waals surface area contributed by atoms with Crippen LogP contribution in [-0.2, 0) is 9.53 Å². The van der Waals surface area contributed by atoms with Crippen LogP contribution >= 0.6 is 11.8 Å². The van der Waals surface area contributed by atoms with Crippen LogP contribution in [0.15, 0.2) is 0 Å². The molecule has 3 aliphatic rings. The molecule has 3 rings (SSSR count). The van der Waals surface area contributed by atoms with Crippen molar-refractivity contribution in [1.29, 1.82) is 0 Å². The van der Waals surface area contributed by atoms with Gasteiger partial charge in [-0.25, -0.2) is 0 Å². The van der Waals surface area contributed by atoms with Gasteiger partial charge in [-0.15, -0.1) is 0 Å². The van der Waals surface area contributed by atoms with E-state index in [1.807, 2.05) is 11.8 Å². The van der Waals surface area contributed by atoms with Crippen molar-refractivity contribution in [2.45, 2.75) is 37.7 Å². The second-order valence-electron chi connectivity index (χ2n) is 5.87. The van der Waals surface area contributed by atoms with Crippen LogP contribution in [0, 0.1) is 11.3 Å². The third kappa shape index (κ3) is 2.04. The molecule has 17 heavy (non-hydrogen) atoms. The fourth-order valence-corrected chi connectivity index (χ4v) is 4.63. The molecule has 1 spiro atoms. The van der Waals surface area contributed by atoms with Gasteiger partial charge in [0.15, 0.2) is 0 Å². The first kappa shape index (κ1) is 12.0. The smallest absolute Gasteiger partial charge is 0.143 e. The highest BCUT2D eigenvalue weighted by Gasteiger charge is 2.53. The summed E-state index contributed by atoms with van der Waals surface area (Å²) in [6, 6.07) is 0. The van der Waals surface area contributed by atoms with Crippen molar-refractivity contribution in [2.75, 3.05) is 24.7 Å². The minimum atomic E-state index is -0.130. The van der Waals surface area contributed by atoms with Crippen LogP contribution in [0.3, 0.4) is 0 Å². The van der Waals surface area contributed by atoms with Crippen LogP contribution in [0.2, 0.25) is 0 Å². The van der Waals surface area contributed by atoms with Crippen LogP contribution in [0.5, 0.6) is 0 Å². The zero-order valence-corrected chi connectivity index (χ0v) is 11.1. The first-order chi connectivity index (χ1) is 8.20. The summed E-state index contributed by atoms with van der Waals surface area (Å²) in [5.74, 6) is 2.92. The van der Waals surface area contributed by atoms with Gasteiger partial charge in [0.1, 0.15) is 5.78 Å². The minimum absolute atomic E-state index is 0.0217. The fourth-order valence-electron chi connectivity index (χ4n) is 3.25. The molecule has 0 aromatic heterocycles. The highest BCUT2D eigenvalue weighted by Crippen LogP contribution is 2.50. The zero-order valence-electron chi connectivity index (χ0n) is 10.2. The Labute approximate surface area is 107 Å². The summed E-state index contributed by atoms with van der Waals surface area (Å²) in [5, 5.41) is 0. The Morgan fingerprint density at radius 1 is 1.41 bits per heavy atom. The Hall–Kier alpha value is -0.0600. The molecule has 2 heterocycles. The number of ether oxygens (including phenoxy) is 1. The molecule has 2 atom stereocenters. The van der Waals surface area contributed by atoms with Gasteiger partial charge in [-0.2, -0.15) is 11.8 Å². The van der Waals surface area contributed by atoms with Crippen LogP contribution < -0.4 is 5.73 Å². The third-order valence-electron chi connectivity index (χ3n) is 4.70. The maximum absolute atomic E-state index is 12.5. The zero-order chi connectivity index (χ0) is 11.9. The Kier molecular flexibility index (Phi) is 3.00. The van der Waals surface area contributed by atoms with Gasteiger partial charge >= 0.3 is 0 Å². The molecule has 2 aliphatic heterocycles. The number of carbonyl (C=O) groups is 1. The molecule has 3 nitrogen and oxygen atoms in total. The lowest BCUT2D eigenvalue weighted by Crippen LogP contribution is -2.44. The Balaban J connectivity index is 1.69. The van der Waals surface area contributed by atoms with E-state index in [0.717, 1.165) is 44.5 Å². The number of thioether (sulfide) groups is 1. The average Bonchev–Trinajstić information content (AvgIpc) is 3.05. The topological polar surface area (TPSA) is 52.3 Å². The summed E-state index contributed by atoms with van der Waals surface area (Å²) in [4.78, 5) is 12.5. The molecule has 0 aromatic carbocycles. The largest absolute Gasteiger partial charge is 0.374 e. The number of hydrogen-bond acceptors (Lipinski definition) is 4. The SMILES string of the molecule is NCC1(C(=O)C2CCOC3(CCSC3)C2)CC1. The van der Waals surface area contributed by atoms with Crippen molar-refractivity contribution in [1.82, 2.24) is 0 Å². The quantitative estimate of drug-likeness (QED) is 0.832.